The lowest BCUT2D eigenvalue weighted by molar-refractivity contribution is -0.384. The zero-order chi connectivity index (χ0) is 19.1. The first-order chi connectivity index (χ1) is 12.2. The van der Waals surface area contributed by atoms with Gasteiger partial charge < -0.3 is 20.9 Å². The first kappa shape index (κ1) is 18.0. The fourth-order valence-corrected chi connectivity index (χ4v) is 3.30. The molecular weight excluding hydrogens is 334 g/mol. The topological polar surface area (TPSA) is 111 Å². The minimum Gasteiger partial charge on any atom is -0.484 e. The van der Waals surface area contributed by atoms with Crippen LogP contribution < -0.4 is 15.8 Å². The number of fused-ring (bicyclic) bond motifs is 1. The summed E-state index contributed by atoms with van der Waals surface area (Å²) in [6.45, 7) is 5.56. The lowest BCUT2D eigenvalue weighted by Gasteiger charge is -2.42. The monoisotopic (exact) mass is 357 g/mol. The van der Waals surface area contributed by atoms with Crippen molar-refractivity contribution in [1.82, 2.24) is 0 Å². The molecule has 0 radical (unpaired) electrons. The number of aliphatic hydroxyl groups excluding tert-OH is 1. The van der Waals surface area contributed by atoms with E-state index in [0.29, 0.717) is 11.3 Å². The molecule has 2 aromatic carbocycles. The first-order valence-electron chi connectivity index (χ1n) is 8.54. The summed E-state index contributed by atoms with van der Waals surface area (Å²) in [6.07, 6.45) is -0.0398. The van der Waals surface area contributed by atoms with Crippen LogP contribution in [0.15, 0.2) is 36.4 Å². The molecule has 0 spiro atoms. The molecule has 1 aliphatic rings. The van der Waals surface area contributed by atoms with E-state index < -0.39 is 22.7 Å². The fraction of sp³-hybridized carbons (Fsp3) is 0.368. The molecule has 0 unspecified atom stereocenters. The molecule has 0 bridgehead atoms. The van der Waals surface area contributed by atoms with Crippen molar-refractivity contribution in [1.29, 1.82) is 0 Å². The Morgan fingerprint density at radius 1 is 1.35 bits per heavy atom. The van der Waals surface area contributed by atoms with Gasteiger partial charge in [0.05, 0.1) is 17.0 Å². The van der Waals surface area contributed by atoms with Gasteiger partial charge in [-0.05, 0) is 38.0 Å². The zero-order valence-electron chi connectivity index (χ0n) is 15.0. The highest BCUT2D eigenvalue weighted by atomic mass is 16.6. The number of hydrogen-bond acceptors (Lipinski definition) is 6. The number of nitrogens with zero attached hydrogens (tertiary/aromatic N) is 1. The molecule has 7 heteroatoms. The predicted octanol–water partition coefficient (Wildman–Crippen LogP) is 3.42. The summed E-state index contributed by atoms with van der Waals surface area (Å²) in [7, 11) is 0. The first-order valence-corrected chi connectivity index (χ1v) is 8.54. The van der Waals surface area contributed by atoms with Crippen LogP contribution in [0.1, 0.15) is 37.9 Å². The van der Waals surface area contributed by atoms with Crippen LogP contribution in [0.4, 0.5) is 17.1 Å². The van der Waals surface area contributed by atoms with Crippen molar-refractivity contribution in [3.63, 3.8) is 0 Å². The van der Waals surface area contributed by atoms with E-state index in [1.807, 2.05) is 24.3 Å². The normalized spacial score (nSPS) is 20.8. The third kappa shape index (κ3) is 3.06. The molecular formula is C19H23N3O4. The van der Waals surface area contributed by atoms with Crippen LogP contribution in [-0.4, -0.2) is 21.7 Å². The molecule has 2 atom stereocenters. The van der Waals surface area contributed by atoms with E-state index >= 15 is 0 Å². The third-order valence-electron chi connectivity index (χ3n) is 4.80. The Morgan fingerprint density at radius 3 is 2.69 bits per heavy atom. The number of benzene rings is 2. The van der Waals surface area contributed by atoms with Gasteiger partial charge in [-0.2, -0.15) is 0 Å². The van der Waals surface area contributed by atoms with Crippen molar-refractivity contribution in [2.75, 3.05) is 11.1 Å². The van der Waals surface area contributed by atoms with E-state index in [9.17, 15) is 15.2 Å². The Labute approximate surface area is 151 Å². The van der Waals surface area contributed by atoms with E-state index in [0.717, 1.165) is 17.7 Å². The summed E-state index contributed by atoms with van der Waals surface area (Å²) in [5.41, 5.74) is 7.40. The van der Waals surface area contributed by atoms with Gasteiger partial charge in [-0.25, -0.2) is 0 Å². The molecule has 3 rings (SSSR count). The summed E-state index contributed by atoms with van der Waals surface area (Å²) in [5.74, 6) is 0.354. The Morgan fingerprint density at radius 2 is 2.04 bits per heavy atom. The molecule has 0 saturated carbocycles. The van der Waals surface area contributed by atoms with E-state index in [4.69, 9.17) is 10.5 Å². The van der Waals surface area contributed by atoms with E-state index in [1.165, 1.54) is 12.1 Å². The van der Waals surface area contributed by atoms with Gasteiger partial charge in [-0.15, -0.1) is 0 Å². The number of ether oxygens (including phenoxy) is 1. The average molecular weight is 357 g/mol. The Balaban J connectivity index is 2.10. The zero-order valence-corrected chi connectivity index (χ0v) is 15.0. The quantitative estimate of drug-likeness (QED) is 0.439. The standard InChI is InChI=1S/C19H23N3O4/c1-4-11-7-5-6-8-14(11)21-17-12-9-13(20)15(22(24)25)10-16(12)26-19(2,3)18(17)23/h5-10,17-18,21,23H,4,20H2,1-3H3/t17-,18+/m0/s1. The molecule has 0 aliphatic carbocycles. The average Bonchev–Trinajstić information content (AvgIpc) is 2.59. The summed E-state index contributed by atoms with van der Waals surface area (Å²) in [5, 5.41) is 25.5. The van der Waals surface area contributed by atoms with Gasteiger partial charge in [0.1, 0.15) is 23.1 Å². The lowest BCUT2D eigenvalue weighted by Crippen LogP contribution is -2.50. The molecule has 2 aromatic rings. The molecule has 138 valence electrons. The molecule has 1 heterocycles. The maximum absolute atomic E-state index is 11.2. The highest BCUT2D eigenvalue weighted by Gasteiger charge is 2.44. The number of anilines is 2. The van der Waals surface area contributed by atoms with Gasteiger partial charge in [0.15, 0.2) is 0 Å². The van der Waals surface area contributed by atoms with Crippen LogP contribution in [0.3, 0.4) is 0 Å². The Hall–Kier alpha value is -2.80. The summed E-state index contributed by atoms with van der Waals surface area (Å²) in [4.78, 5) is 10.7. The molecule has 0 aromatic heterocycles. The molecule has 26 heavy (non-hydrogen) atoms. The smallest absolute Gasteiger partial charge is 0.295 e. The molecule has 0 fully saturated rings. The van der Waals surface area contributed by atoms with Gasteiger partial charge in [0.2, 0.25) is 0 Å². The van der Waals surface area contributed by atoms with Gasteiger partial charge in [-0.1, -0.05) is 25.1 Å². The number of nitrogens with two attached hydrogens (primary N) is 1. The van der Waals surface area contributed by atoms with Gasteiger partial charge in [-0.3, -0.25) is 10.1 Å². The Bertz CT molecular complexity index is 851. The lowest BCUT2D eigenvalue weighted by atomic mass is 9.85. The SMILES string of the molecule is CCc1ccccc1N[C@H]1c2cc(N)c([N+](=O)[O-])cc2OC(C)(C)[C@@H]1O. The number of nitrogen functional groups attached to an aromatic ring is 1. The van der Waals surface area contributed by atoms with Crippen LogP contribution >= 0.6 is 0 Å². The van der Waals surface area contributed by atoms with Crippen LogP contribution in [0.5, 0.6) is 5.75 Å². The van der Waals surface area contributed by atoms with Crippen LogP contribution in [0.25, 0.3) is 0 Å². The predicted molar refractivity (Wildman–Crippen MR) is 100 cm³/mol. The van der Waals surface area contributed by atoms with Crippen LogP contribution in [-0.2, 0) is 6.42 Å². The third-order valence-corrected chi connectivity index (χ3v) is 4.80. The number of nitro benzene ring substituents is 1. The molecule has 1 aliphatic heterocycles. The number of para-hydroxylation sites is 1. The summed E-state index contributed by atoms with van der Waals surface area (Å²) >= 11 is 0. The van der Waals surface area contributed by atoms with E-state index in [-0.39, 0.29) is 11.4 Å². The minimum absolute atomic E-state index is 0.0415. The molecule has 0 amide bonds. The van der Waals surface area contributed by atoms with Crippen molar-refractivity contribution in [3.05, 3.63) is 57.6 Å². The summed E-state index contributed by atoms with van der Waals surface area (Å²) < 4.78 is 5.85. The van der Waals surface area contributed by atoms with Crippen LogP contribution in [0.2, 0.25) is 0 Å². The number of nitrogens with one attached hydrogen (secondary N) is 1. The highest BCUT2D eigenvalue weighted by molar-refractivity contribution is 5.66. The maximum Gasteiger partial charge on any atom is 0.295 e. The number of nitro groups is 1. The Kier molecular flexibility index (Phi) is 4.50. The second-order valence-electron chi connectivity index (χ2n) is 6.99. The van der Waals surface area contributed by atoms with Gasteiger partial charge in [0, 0.05) is 11.3 Å². The van der Waals surface area contributed by atoms with E-state index in [1.54, 1.807) is 13.8 Å². The van der Waals surface area contributed by atoms with Crippen molar-refractivity contribution < 1.29 is 14.8 Å². The second kappa shape index (κ2) is 6.49. The van der Waals surface area contributed by atoms with Crippen molar-refractivity contribution in [2.24, 2.45) is 0 Å². The highest BCUT2D eigenvalue weighted by Crippen LogP contribution is 2.45. The van der Waals surface area contributed by atoms with Gasteiger partial charge in [0.25, 0.3) is 5.69 Å². The molecule has 0 saturated heterocycles. The molecule has 7 nitrogen and oxygen atoms in total. The van der Waals surface area contributed by atoms with E-state index in [2.05, 4.69) is 12.2 Å². The van der Waals surface area contributed by atoms with Crippen LogP contribution in [0, 0.1) is 10.1 Å². The largest absolute Gasteiger partial charge is 0.484 e. The second-order valence-corrected chi connectivity index (χ2v) is 6.99. The maximum atomic E-state index is 11.2. The minimum atomic E-state index is -0.921. The number of aryl methyl sites for hydroxylation is 1. The van der Waals surface area contributed by atoms with Gasteiger partial charge >= 0.3 is 0 Å². The van der Waals surface area contributed by atoms with Crippen molar-refractivity contribution >= 4 is 17.1 Å². The number of rotatable bonds is 4. The fourth-order valence-electron chi connectivity index (χ4n) is 3.30. The van der Waals surface area contributed by atoms with Crippen molar-refractivity contribution in [2.45, 2.75) is 44.9 Å². The molecule has 4 N–H and O–H groups in total. The van der Waals surface area contributed by atoms with Crippen molar-refractivity contribution in [3.8, 4) is 5.75 Å². The number of hydrogen-bond donors (Lipinski definition) is 3. The number of aliphatic hydroxyl groups is 1. The summed E-state index contributed by atoms with van der Waals surface area (Å²) in [6, 6.07) is 10.2.